The van der Waals surface area contributed by atoms with Crippen LogP contribution in [0.5, 0.6) is 0 Å². The average molecular weight is 498 g/mol. The number of hydrogen-bond acceptors (Lipinski definition) is 2. The van der Waals surface area contributed by atoms with Gasteiger partial charge < -0.3 is 4.84 Å². The van der Waals surface area contributed by atoms with Crippen molar-refractivity contribution in [1.29, 1.82) is 0 Å². The molecule has 2 nitrogen and oxygen atoms in total. The van der Waals surface area contributed by atoms with E-state index in [-0.39, 0.29) is 12.5 Å². The van der Waals surface area contributed by atoms with Gasteiger partial charge >= 0.3 is 6.18 Å². The molecule has 2 aromatic carbocycles. The van der Waals surface area contributed by atoms with Crippen LogP contribution in [0.2, 0.25) is 0 Å². The molecule has 0 spiro atoms. The summed E-state index contributed by atoms with van der Waals surface area (Å²) in [4.78, 5) is 5.40. The second-order valence-electron chi connectivity index (χ2n) is 8.02. The normalized spacial score (nSPS) is 17.3. The van der Waals surface area contributed by atoms with Crippen LogP contribution >= 0.6 is 15.9 Å². The van der Waals surface area contributed by atoms with Gasteiger partial charge in [-0.2, -0.15) is 13.2 Å². The van der Waals surface area contributed by atoms with Crippen molar-refractivity contribution in [3.8, 4) is 0 Å². The molecule has 1 saturated carbocycles. The van der Waals surface area contributed by atoms with Crippen molar-refractivity contribution in [2.24, 2.45) is 5.16 Å². The van der Waals surface area contributed by atoms with Gasteiger partial charge in [-0.1, -0.05) is 71.5 Å². The summed E-state index contributed by atoms with van der Waals surface area (Å²) in [5, 5.41) is 2.46. The highest BCUT2D eigenvalue weighted by atomic mass is 79.9. The second kappa shape index (κ2) is 10.7. The Hall–Kier alpha value is -1.82. The van der Waals surface area contributed by atoms with E-state index < -0.39 is 17.0 Å². The van der Waals surface area contributed by atoms with E-state index in [1.54, 1.807) is 31.2 Å². The fourth-order valence-electron chi connectivity index (χ4n) is 4.17. The lowest BCUT2D eigenvalue weighted by Crippen LogP contribution is -2.15. The Kier molecular flexibility index (Phi) is 7.24. The number of alkyl halides is 4. The van der Waals surface area contributed by atoms with Gasteiger partial charge in [-0.3, -0.25) is 0 Å². The number of halogens is 4. The molecule has 0 atom stereocenters. The van der Waals surface area contributed by atoms with Gasteiger partial charge in [0.1, 0.15) is 6.61 Å². The summed E-state index contributed by atoms with van der Waals surface area (Å²) in [7, 11) is 0. The van der Waals surface area contributed by atoms with E-state index in [0.717, 1.165) is 43.2 Å². The van der Waals surface area contributed by atoms with Crippen LogP contribution < -0.4 is 0 Å². The van der Waals surface area contributed by atoms with Gasteiger partial charge in [0.2, 0.25) is 0 Å². The van der Waals surface area contributed by atoms with Gasteiger partial charge in [-0.15, -0.1) is 0 Å². The first kappa shape index (κ1) is 21.0. The zero-order valence-electron chi connectivity index (χ0n) is 19.9. The molecule has 0 N–H and O–H groups in total. The van der Waals surface area contributed by atoms with Gasteiger partial charge in [0.05, 0.1) is 11.3 Å². The molecule has 3 rings (SSSR count). The highest BCUT2D eigenvalue weighted by Gasteiger charge is 2.35. The SMILES string of the molecule is [2H]C([2H])(Br)c1ccc(/C(C)=N\OCc2ccc(C3CCCCC3)c(C(F)(F)F)c2)cc1CC. The van der Waals surface area contributed by atoms with Crippen LogP contribution in [0.1, 0.15) is 88.0 Å². The third-order valence-electron chi connectivity index (χ3n) is 5.91. The van der Waals surface area contributed by atoms with Crippen LogP contribution in [0.25, 0.3) is 0 Å². The number of rotatable bonds is 7. The summed E-state index contributed by atoms with van der Waals surface area (Å²) in [6.07, 6.45) is 0.891. The second-order valence-corrected chi connectivity index (χ2v) is 8.42. The first-order valence-corrected chi connectivity index (χ1v) is 11.5. The summed E-state index contributed by atoms with van der Waals surface area (Å²) in [5.74, 6) is -0.0351. The van der Waals surface area contributed by atoms with Crippen molar-refractivity contribution in [3.63, 3.8) is 0 Å². The fourth-order valence-corrected chi connectivity index (χ4v) is 4.55. The Labute approximate surface area is 193 Å². The van der Waals surface area contributed by atoms with Crippen LogP contribution in [-0.2, 0) is 29.3 Å². The van der Waals surface area contributed by atoms with Gasteiger partial charge in [-0.05, 0) is 72.1 Å². The van der Waals surface area contributed by atoms with E-state index in [0.29, 0.717) is 28.8 Å². The molecule has 0 saturated heterocycles. The van der Waals surface area contributed by atoms with E-state index in [9.17, 15) is 13.2 Å². The molecule has 1 fully saturated rings. The molecule has 0 bridgehead atoms. The van der Waals surface area contributed by atoms with Crippen molar-refractivity contribution >= 4 is 21.6 Å². The number of aryl methyl sites for hydroxylation is 1. The van der Waals surface area contributed by atoms with Crippen molar-refractivity contribution in [2.45, 2.75) is 76.4 Å². The highest BCUT2D eigenvalue weighted by Crippen LogP contribution is 2.41. The molecule has 1 aliphatic carbocycles. The van der Waals surface area contributed by atoms with Crippen molar-refractivity contribution in [2.75, 3.05) is 0 Å². The van der Waals surface area contributed by atoms with Gasteiger partial charge in [0.15, 0.2) is 0 Å². The third kappa shape index (κ3) is 6.12. The molecule has 0 unspecified atom stereocenters. The van der Waals surface area contributed by atoms with E-state index in [1.165, 1.54) is 6.07 Å². The van der Waals surface area contributed by atoms with Crippen LogP contribution in [0.15, 0.2) is 41.6 Å². The zero-order valence-corrected chi connectivity index (χ0v) is 19.4. The Balaban J connectivity index is 1.75. The van der Waals surface area contributed by atoms with Crippen molar-refractivity contribution < 1.29 is 20.8 Å². The molecular weight excluding hydrogens is 467 g/mol. The van der Waals surface area contributed by atoms with Gasteiger partial charge in [0.25, 0.3) is 0 Å². The molecule has 2 aromatic rings. The quantitative estimate of drug-likeness (QED) is 0.214. The lowest BCUT2D eigenvalue weighted by atomic mass is 9.81. The largest absolute Gasteiger partial charge is 0.416 e. The molecule has 1 aliphatic rings. The van der Waals surface area contributed by atoms with Crippen LogP contribution in [0.4, 0.5) is 13.2 Å². The molecule has 0 radical (unpaired) electrons. The minimum absolute atomic E-state index is 0.0351. The fraction of sp³-hybridized carbons (Fsp3) is 0.480. The minimum Gasteiger partial charge on any atom is -0.391 e. The third-order valence-corrected chi connectivity index (χ3v) is 6.33. The predicted molar refractivity (Wildman–Crippen MR) is 123 cm³/mol. The molecular formula is C25H29BrF3NO. The van der Waals surface area contributed by atoms with Gasteiger partial charge in [0, 0.05) is 8.02 Å². The molecule has 31 heavy (non-hydrogen) atoms. The average Bonchev–Trinajstić information content (AvgIpc) is 2.78. The Morgan fingerprint density at radius 2 is 1.87 bits per heavy atom. The first-order valence-electron chi connectivity index (χ1n) is 11.7. The van der Waals surface area contributed by atoms with Crippen LogP contribution in [0.3, 0.4) is 0 Å². The highest BCUT2D eigenvalue weighted by molar-refractivity contribution is 9.08. The maximum absolute atomic E-state index is 13.7. The summed E-state index contributed by atoms with van der Waals surface area (Å²) in [6.45, 7) is 3.64. The van der Waals surface area contributed by atoms with Crippen LogP contribution in [0, 0.1) is 0 Å². The smallest absolute Gasteiger partial charge is 0.391 e. The summed E-state index contributed by atoms with van der Waals surface area (Å²) < 4.78 is 57.0. The molecule has 0 heterocycles. The summed E-state index contributed by atoms with van der Waals surface area (Å²) in [5.41, 5.74) is 3.00. The number of nitrogens with zero attached hydrogens (tertiary/aromatic N) is 1. The Bertz CT molecular complexity index is 996. The van der Waals surface area contributed by atoms with E-state index in [1.807, 2.05) is 13.0 Å². The molecule has 0 amide bonds. The van der Waals surface area contributed by atoms with Crippen molar-refractivity contribution in [3.05, 3.63) is 69.8 Å². The maximum Gasteiger partial charge on any atom is 0.416 e. The van der Waals surface area contributed by atoms with E-state index >= 15 is 0 Å². The molecule has 168 valence electrons. The molecule has 0 aliphatic heterocycles. The summed E-state index contributed by atoms with van der Waals surface area (Å²) in [6, 6.07) is 9.83. The molecule has 6 heteroatoms. The Morgan fingerprint density at radius 3 is 2.52 bits per heavy atom. The summed E-state index contributed by atoms with van der Waals surface area (Å²) >= 11 is 3.06. The monoisotopic (exact) mass is 497 g/mol. The number of oxime groups is 1. The van der Waals surface area contributed by atoms with E-state index in [2.05, 4.69) is 21.1 Å². The van der Waals surface area contributed by atoms with Gasteiger partial charge in [-0.25, -0.2) is 0 Å². The maximum atomic E-state index is 13.7. The topological polar surface area (TPSA) is 21.6 Å². The predicted octanol–water partition coefficient (Wildman–Crippen LogP) is 8.15. The Morgan fingerprint density at radius 1 is 1.13 bits per heavy atom. The van der Waals surface area contributed by atoms with Crippen LogP contribution in [-0.4, -0.2) is 5.71 Å². The van der Waals surface area contributed by atoms with E-state index in [4.69, 9.17) is 7.58 Å². The zero-order chi connectivity index (χ0) is 24.2. The standard InChI is InChI=1S/C25H29BrF3NO/c1-3-19-14-21(10-11-22(19)15-26)17(2)30-31-16-18-9-12-23(20-7-5-4-6-8-20)24(13-18)25(27,28)29/h9-14,20H,3-8,15-16H2,1-2H3/b30-17-/i15D2. The number of benzene rings is 2. The van der Waals surface area contributed by atoms with Crippen molar-refractivity contribution in [1.82, 2.24) is 0 Å². The first-order chi connectivity index (χ1) is 15.5. The lowest BCUT2D eigenvalue weighted by Gasteiger charge is -2.25. The number of hydrogen-bond donors (Lipinski definition) is 0. The lowest BCUT2D eigenvalue weighted by molar-refractivity contribution is -0.138. The minimum atomic E-state index is -4.40. The molecule has 0 aromatic heterocycles.